The molecule has 0 heterocycles. The summed E-state index contributed by atoms with van der Waals surface area (Å²) in [5.74, 6) is -2.36. The number of nitrogens with zero attached hydrogens (tertiary/aromatic N) is 1. The number of unbranched alkanes of at least 4 members (excludes halogenated alkanes) is 1. The van der Waals surface area contributed by atoms with Gasteiger partial charge in [0.2, 0.25) is 11.8 Å². The number of aliphatic carboxylic acids is 1. The molecule has 0 saturated heterocycles. The highest BCUT2D eigenvalue weighted by Gasteiger charge is 2.27. The second-order valence-corrected chi connectivity index (χ2v) is 6.55. The van der Waals surface area contributed by atoms with E-state index in [1.54, 1.807) is 13.8 Å². The minimum atomic E-state index is -1.15. The predicted octanol–water partition coefficient (Wildman–Crippen LogP) is 0.188. The van der Waals surface area contributed by atoms with Gasteiger partial charge in [0, 0.05) is 0 Å². The molecular weight excluding hydrogens is 340 g/mol. The molecule has 5 N–H and O–H groups in total. The smallest absolute Gasteiger partial charge is 0.322 e. The number of carboxylic acid groups (broad SMARTS) is 1. The number of rotatable bonds is 14. The van der Waals surface area contributed by atoms with Gasteiger partial charge in [0.15, 0.2) is 0 Å². The first kappa shape index (κ1) is 24.3. The van der Waals surface area contributed by atoms with E-state index in [4.69, 9.17) is 10.3 Å². The van der Waals surface area contributed by atoms with Crippen LogP contribution in [0, 0.1) is 5.92 Å². The van der Waals surface area contributed by atoms with Crippen LogP contribution in [0.4, 0.5) is 0 Å². The van der Waals surface area contributed by atoms with Gasteiger partial charge in [-0.15, -0.1) is 0 Å². The van der Waals surface area contributed by atoms with Crippen molar-refractivity contribution in [3.63, 3.8) is 0 Å². The van der Waals surface area contributed by atoms with E-state index in [0.717, 1.165) is 26.1 Å². The van der Waals surface area contributed by atoms with Crippen molar-refractivity contribution in [3.8, 4) is 0 Å². The molecule has 0 aromatic rings. The fourth-order valence-electron chi connectivity index (χ4n) is 2.55. The number of carbonyl (C=O) groups is 3. The summed E-state index contributed by atoms with van der Waals surface area (Å²) < 4.78 is 0. The quantitative estimate of drug-likeness (QED) is 0.217. The summed E-state index contributed by atoms with van der Waals surface area (Å²) in [4.78, 5) is 37.4. The number of hydroxylamine groups is 1. The zero-order valence-corrected chi connectivity index (χ0v) is 16.2. The summed E-state index contributed by atoms with van der Waals surface area (Å²) in [7, 11) is 0. The Labute approximate surface area is 155 Å². The fourth-order valence-corrected chi connectivity index (χ4v) is 2.55. The van der Waals surface area contributed by atoms with Gasteiger partial charge < -0.3 is 25.8 Å². The maximum absolute atomic E-state index is 12.3. The lowest BCUT2D eigenvalue weighted by atomic mass is 10.0. The summed E-state index contributed by atoms with van der Waals surface area (Å²) in [5, 5.41) is 22.7. The van der Waals surface area contributed by atoms with Crippen molar-refractivity contribution in [1.82, 2.24) is 21.0 Å². The van der Waals surface area contributed by atoms with E-state index in [0.29, 0.717) is 12.8 Å². The van der Waals surface area contributed by atoms with E-state index < -0.39 is 36.4 Å². The third kappa shape index (κ3) is 9.69. The first-order valence-electron chi connectivity index (χ1n) is 9.18. The standard InChI is InChI=1S/C17H34N4O5/c1-5-21(6-2)10-8-7-9-13(16(24)18-11-14(22)23)19-17(25)15(20-26)12(3)4/h12-13,15,20,26H,5-11H2,1-4H3,(H,18,24)(H,19,25)(H,22,23)/t13-,15-/m0/s1. The lowest BCUT2D eigenvalue weighted by Crippen LogP contribution is -2.54. The largest absolute Gasteiger partial charge is 0.480 e. The molecule has 0 aliphatic carbocycles. The van der Waals surface area contributed by atoms with Gasteiger partial charge in [0.25, 0.3) is 0 Å². The predicted molar refractivity (Wildman–Crippen MR) is 97.8 cm³/mol. The number of carbonyl (C=O) groups excluding carboxylic acids is 2. The molecule has 0 radical (unpaired) electrons. The van der Waals surface area contributed by atoms with Crippen LogP contribution in [0.3, 0.4) is 0 Å². The van der Waals surface area contributed by atoms with Crippen molar-refractivity contribution in [2.45, 2.75) is 59.0 Å². The maximum atomic E-state index is 12.3. The van der Waals surface area contributed by atoms with Crippen molar-refractivity contribution in [3.05, 3.63) is 0 Å². The van der Waals surface area contributed by atoms with Crippen LogP contribution >= 0.6 is 0 Å². The fraction of sp³-hybridized carbons (Fsp3) is 0.824. The van der Waals surface area contributed by atoms with Gasteiger partial charge in [0.1, 0.15) is 18.6 Å². The molecule has 0 fully saturated rings. The Morgan fingerprint density at radius 1 is 1.04 bits per heavy atom. The molecule has 0 aliphatic rings. The SMILES string of the molecule is CCN(CC)CCCC[C@H](NC(=O)[C@@H](NO)C(C)C)C(=O)NCC(=O)O. The van der Waals surface area contributed by atoms with Crippen molar-refractivity contribution in [2.75, 3.05) is 26.2 Å². The molecule has 2 amide bonds. The topological polar surface area (TPSA) is 131 Å². The molecule has 0 bridgehead atoms. The minimum absolute atomic E-state index is 0.176. The molecule has 0 saturated carbocycles. The zero-order valence-electron chi connectivity index (χ0n) is 16.2. The number of hydrogen-bond donors (Lipinski definition) is 5. The van der Waals surface area contributed by atoms with E-state index in [2.05, 4.69) is 29.4 Å². The lowest BCUT2D eigenvalue weighted by Gasteiger charge is -2.24. The second kappa shape index (κ2) is 13.5. The summed E-state index contributed by atoms with van der Waals surface area (Å²) >= 11 is 0. The molecule has 9 heteroatoms. The number of amides is 2. The van der Waals surface area contributed by atoms with Crippen LogP contribution in [0.25, 0.3) is 0 Å². The average molecular weight is 374 g/mol. The van der Waals surface area contributed by atoms with Gasteiger partial charge in [-0.3, -0.25) is 14.4 Å². The highest BCUT2D eigenvalue weighted by molar-refractivity contribution is 5.91. The molecule has 0 rings (SSSR count). The van der Waals surface area contributed by atoms with Crippen LogP contribution in [0.1, 0.15) is 47.0 Å². The highest BCUT2D eigenvalue weighted by atomic mass is 16.5. The van der Waals surface area contributed by atoms with Crippen molar-refractivity contribution in [2.24, 2.45) is 5.92 Å². The lowest BCUT2D eigenvalue weighted by molar-refractivity contribution is -0.138. The second-order valence-electron chi connectivity index (χ2n) is 6.55. The molecular formula is C17H34N4O5. The van der Waals surface area contributed by atoms with Crippen molar-refractivity contribution < 1.29 is 24.7 Å². The summed E-state index contributed by atoms with van der Waals surface area (Å²) in [6.45, 7) is 9.99. The first-order valence-corrected chi connectivity index (χ1v) is 9.18. The van der Waals surface area contributed by atoms with Crippen LogP contribution in [-0.4, -0.2) is 71.3 Å². The van der Waals surface area contributed by atoms with Gasteiger partial charge in [-0.05, 0) is 44.8 Å². The van der Waals surface area contributed by atoms with E-state index in [-0.39, 0.29) is 5.92 Å². The van der Waals surface area contributed by atoms with Crippen molar-refractivity contribution >= 4 is 17.8 Å². The minimum Gasteiger partial charge on any atom is -0.480 e. The monoisotopic (exact) mass is 374 g/mol. The summed E-state index contributed by atoms with van der Waals surface area (Å²) in [6, 6.07) is -1.69. The third-order valence-corrected chi connectivity index (χ3v) is 4.25. The highest BCUT2D eigenvalue weighted by Crippen LogP contribution is 2.06. The van der Waals surface area contributed by atoms with E-state index in [1.807, 2.05) is 5.48 Å². The molecule has 26 heavy (non-hydrogen) atoms. The molecule has 0 unspecified atom stereocenters. The molecule has 2 atom stereocenters. The number of hydrogen-bond acceptors (Lipinski definition) is 6. The molecule has 0 spiro atoms. The van der Waals surface area contributed by atoms with E-state index in [9.17, 15) is 14.4 Å². The van der Waals surface area contributed by atoms with Gasteiger partial charge in [-0.25, -0.2) is 0 Å². The maximum Gasteiger partial charge on any atom is 0.322 e. The zero-order chi connectivity index (χ0) is 20.1. The molecule has 0 aliphatic heterocycles. The van der Waals surface area contributed by atoms with E-state index >= 15 is 0 Å². The van der Waals surface area contributed by atoms with Crippen LogP contribution in [0.5, 0.6) is 0 Å². The number of nitrogens with one attached hydrogen (secondary N) is 3. The molecule has 0 aromatic heterocycles. The Morgan fingerprint density at radius 3 is 2.12 bits per heavy atom. The van der Waals surface area contributed by atoms with Gasteiger partial charge >= 0.3 is 5.97 Å². The Balaban J connectivity index is 4.75. The number of carboxylic acids is 1. The normalized spacial score (nSPS) is 13.5. The van der Waals surface area contributed by atoms with Crippen LogP contribution < -0.4 is 16.1 Å². The van der Waals surface area contributed by atoms with Crippen LogP contribution in [0.2, 0.25) is 0 Å². The molecule has 152 valence electrons. The average Bonchev–Trinajstić information content (AvgIpc) is 2.58. The van der Waals surface area contributed by atoms with Gasteiger partial charge in [0.05, 0.1) is 0 Å². The third-order valence-electron chi connectivity index (χ3n) is 4.25. The van der Waals surface area contributed by atoms with Gasteiger partial charge in [-0.2, -0.15) is 5.48 Å². The van der Waals surface area contributed by atoms with E-state index in [1.165, 1.54) is 0 Å². The summed E-state index contributed by atoms with van der Waals surface area (Å²) in [6.07, 6.45) is 1.97. The Morgan fingerprint density at radius 2 is 1.65 bits per heavy atom. The first-order chi connectivity index (χ1) is 12.3. The Bertz CT molecular complexity index is 441. The van der Waals surface area contributed by atoms with Crippen molar-refractivity contribution in [1.29, 1.82) is 0 Å². The molecule has 0 aromatic carbocycles. The Hall–Kier alpha value is -1.71. The molecule has 9 nitrogen and oxygen atoms in total. The summed E-state index contributed by atoms with van der Waals surface area (Å²) in [5.41, 5.74) is 1.95. The van der Waals surface area contributed by atoms with Crippen LogP contribution in [-0.2, 0) is 14.4 Å². The van der Waals surface area contributed by atoms with Crippen LogP contribution in [0.15, 0.2) is 0 Å². The van der Waals surface area contributed by atoms with Gasteiger partial charge in [-0.1, -0.05) is 27.7 Å². The Kier molecular flexibility index (Phi) is 12.6.